The Labute approximate surface area is 149 Å². The summed E-state index contributed by atoms with van der Waals surface area (Å²) in [6.45, 7) is 2.52. The topological polar surface area (TPSA) is 51.2 Å². The third kappa shape index (κ3) is 4.46. The standard InChI is InChI=1S/C18H17ClN2O2S/c1-12-4-9-15-16(11-12)24-18(20-15)21-17(22)3-2-10-23-14-7-5-13(19)6-8-14/h4-9,11H,2-3,10H2,1H3,(H,20,21,22). The van der Waals surface area contributed by atoms with Crippen molar-refractivity contribution in [3.8, 4) is 5.75 Å². The molecule has 4 nitrogen and oxygen atoms in total. The van der Waals surface area contributed by atoms with Crippen LogP contribution in [0.5, 0.6) is 5.75 Å². The van der Waals surface area contributed by atoms with Crippen molar-refractivity contribution in [3.63, 3.8) is 0 Å². The Hall–Kier alpha value is -2.11. The summed E-state index contributed by atoms with van der Waals surface area (Å²) in [7, 11) is 0. The molecule has 3 rings (SSSR count). The Morgan fingerprint density at radius 2 is 2.04 bits per heavy atom. The van der Waals surface area contributed by atoms with Gasteiger partial charge in [-0.2, -0.15) is 0 Å². The second-order valence-electron chi connectivity index (χ2n) is 5.44. The van der Waals surface area contributed by atoms with E-state index in [9.17, 15) is 4.79 Å². The van der Waals surface area contributed by atoms with Crippen molar-refractivity contribution in [2.75, 3.05) is 11.9 Å². The first-order chi connectivity index (χ1) is 11.6. The number of ether oxygens (including phenoxy) is 1. The maximum Gasteiger partial charge on any atom is 0.226 e. The molecule has 124 valence electrons. The fourth-order valence-corrected chi connectivity index (χ4v) is 3.33. The van der Waals surface area contributed by atoms with Gasteiger partial charge in [-0.25, -0.2) is 4.98 Å². The number of halogens is 1. The molecule has 0 radical (unpaired) electrons. The summed E-state index contributed by atoms with van der Waals surface area (Å²) < 4.78 is 6.65. The molecule has 0 atom stereocenters. The highest BCUT2D eigenvalue weighted by Crippen LogP contribution is 2.26. The summed E-state index contributed by atoms with van der Waals surface area (Å²) in [4.78, 5) is 16.4. The average molecular weight is 361 g/mol. The van der Waals surface area contributed by atoms with Gasteiger partial charge in [-0.05, 0) is 55.3 Å². The Balaban J connectivity index is 1.45. The fourth-order valence-electron chi connectivity index (χ4n) is 2.22. The van der Waals surface area contributed by atoms with Crippen molar-refractivity contribution in [2.24, 2.45) is 0 Å². The zero-order chi connectivity index (χ0) is 16.9. The number of benzene rings is 2. The highest BCUT2D eigenvalue weighted by molar-refractivity contribution is 7.22. The molecule has 1 amide bonds. The van der Waals surface area contributed by atoms with E-state index in [0.29, 0.717) is 29.6 Å². The molecule has 1 aromatic heterocycles. The van der Waals surface area contributed by atoms with E-state index in [-0.39, 0.29) is 5.91 Å². The van der Waals surface area contributed by atoms with E-state index >= 15 is 0 Å². The molecular weight excluding hydrogens is 344 g/mol. The minimum absolute atomic E-state index is 0.0505. The third-order valence-electron chi connectivity index (χ3n) is 3.42. The molecule has 1 heterocycles. The quantitative estimate of drug-likeness (QED) is 0.625. The second-order valence-corrected chi connectivity index (χ2v) is 6.91. The van der Waals surface area contributed by atoms with Gasteiger partial charge in [0.1, 0.15) is 5.75 Å². The summed E-state index contributed by atoms with van der Waals surface area (Å²) in [5.74, 6) is 0.701. The molecule has 0 aliphatic rings. The zero-order valence-corrected chi connectivity index (χ0v) is 14.8. The van der Waals surface area contributed by atoms with Gasteiger partial charge in [0, 0.05) is 11.4 Å². The predicted octanol–water partition coefficient (Wildman–Crippen LogP) is 5.06. The summed E-state index contributed by atoms with van der Waals surface area (Å²) in [5, 5.41) is 4.16. The lowest BCUT2D eigenvalue weighted by Crippen LogP contribution is -2.12. The van der Waals surface area contributed by atoms with Gasteiger partial charge in [0.25, 0.3) is 0 Å². The van der Waals surface area contributed by atoms with Gasteiger partial charge in [0.05, 0.1) is 16.8 Å². The van der Waals surface area contributed by atoms with Crippen LogP contribution >= 0.6 is 22.9 Å². The van der Waals surface area contributed by atoms with Gasteiger partial charge in [0.15, 0.2) is 5.13 Å². The number of aromatic nitrogens is 1. The molecule has 2 aromatic carbocycles. The smallest absolute Gasteiger partial charge is 0.226 e. The van der Waals surface area contributed by atoms with Gasteiger partial charge in [-0.15, -0.1) is 0 Å². The van der Waals surface area contributed by atoms with Crippen LogP contribution in [0.1, 0.15) is 18.4 Å². The summed E-state index contributed by atoms with van der Waals surface area (Å²) in [6.07, 6.45) is 1.03. The van der Waals surface area contributed by atoms with Crippen molar-refractivity contribution in [1.29, 1.82) is 0 Å². The number of anilines is 1. The van der Waals surface area contributed by atoms with E-state index in [0.717, 1.165) is 16.0 Å². The number of carbonyl (C=O) groups excluding carboxylic acids is 1. The number of fused-ring (bicyclic) bond motifs is 1. The summed E-state index contributed by atoms with van der Waals surface area (Å²) >= 11 is 7.31. The van der Waals surface area contributed by atoms with E-state index in [1.807, 2.05) is 31.2 Å². The first-order valence-corrected chi connectivity index (χ1v) is 8.85. The van der Waals surface area contributed by atoms with E-state index in [1.54, 1.807) is 12.1 Å². The number of hydrogen-bond acceptors (Lipinski definition) is 4. The van der Waals surface area contributed by atoms with Gasteiger partial charge in [0.2, 0.25) is 5.91 Å². The van der Waals surface area contributed by atoms with Gasteiger partial charge in [-0.3, -0.25) is 4.79 Å². The van der Waals surface area contributed by atoms with E-state index in [4.69, 9.17) is 16.3 Å². The normalized spacial score (nSPS) is 10.8. The number of carbonyl (C=O) groups is 1. The largest absolute Gasteiger partial charge is 0.494 e. The molecule has 0 bridgehead atoms. The van der Waals surface area contributed by atoms with Crippen LogP contribution in [0.4, 0.5) is 5.13 Å². The summed E-state index contributed by atoms with van der Waals surface area (Å²) in [6, 6.07) is 13.2. The Morgan fingerprint density at radius 3 is 2.83 bits per heavy atom. The van der Waals surface area contributed by atoms with Crippen LogP contribution in [0.15, 0.2) is 42.5 Å². The van der Waals surface area contributed by atoms with Crippen molar-refractivity contribution in [1.82, 2.24) is 4.98 Å². The van der Waals surface area contributed by atoms with Crippen LogP contribution in [-0.2, 0) is 4.79 Å². The van der Waals surface area contributed by atoms with E-state index < -0.39 is 0 Å². The summed E-state index contributed by atoms with van der Waals surface area (Å²) in [5.41, 5.74) is 2.09. The average Bonchev–Trinajstić information content (AvgIpc) is 2.94. The number of rotatable bonds is 6. The molecule has 0 spiro atoms. The number of nitrogens with one attached hydrogen (secondary N) is 1. The Morgan fingerprint density at radius 1 is 1.25 bits per heavy atom. The number of hydrogen-bond donors (Lipinski definition) is 1. The highest BCUT2D eigenvalue weighted by Gasteiger charge is 2.08. The lowest BCUT2D eigenvalue weighted by atomic mass is 10.2. The molecule has 0 aliphatic heterocycles. The maximum absolute atomic E-state index is 12.0. The number of amides is 1. The lowest BCUT2D eigenvalue weighted by molar-refractivity contribution is -0.116. The number of nitrogens with zero attached hydrogens (tertiary/aromatic N) is 1. The zero-order valence-electron chi connectivity index (χ0n) is 13.2. The monoisotopic (exact) mass is 360 g/mol. The van der Waals surface area contributed by atoms with Crippen LogP contribution in [0, 0.1) is 6.92 Å². The highest BCUT2D eigenvalue weighted by atomic mass is 35.5. The molecule has 0 saturated carbocycles. The molecule has 0 saturated heterocycles. The number of aryl methyl sites for hydroxylation is 1. The van der Waals surface area contributed by atoms with Crippen molar-refractivity contribution < 1.29 is 9.53 Å². The minimum atomic E-state index is -0.0505. The molecule has 6 heteroatoms. The van der Waals surface area contributed by atoms with Gasteiger partial charge < -0.3 is 10.1 Å². The van der Waals surface area contributed by atoms with Crippen LogP contribution in [0.3, 0.4) is 0 Å². The van der Waals surface area contributed by atoms with Gasteiger partial charge in [-0.1, -0.05) is 29.0 Å². The van der Waals surface area contributed by atoms with Crippen molar-refractivity contribution in [3.05, 3.63) is 53.1 Å². The van der Waals surface area contributed by atoms with Gasteiger partial charge >= 0.3 is 0 Å². The Kier molecular flexibility index (Phi) is 5.33. The van der Waals surface area contributed by atoms with Crippen molar-refractivity contribution >= 4 is 44.2 Å². The molecule has 0 aliphatic carbocycles. The van der Waals surface area contributed by atoms with Crippen LogP contribution in [0.2, 0.25) is 5.02 Å². The molecule has 0 fully saturated rings. The number of thiazole rings is 1. The first-order valence-electron chi connectivity index (χ1n) is 7.65. The molecule has 0 unspecified atom stereocenters. The van der Waals surface area contributed by atoms with Crippen LogP contribution < -0.4 is 10.1 Å². The molecule has 3 aromatic rings. The molecule has 24 heavy (non-hydrogen) atoms. The minimum Gasteiger partial charge on any atom is -0.494 e. The van der Waals surface area contributed by atoms with Crippen molar-refractivity contribution in [2.45, 2.75) is 19.8 Å². The Bertz CT molecular complexity index is 846. The molecular formula is C18H17ClN2O2S. The van der Waals surface area contributed by atoms with Crippen LogP contribution in [-0.4, -0.2) is 17.5 Å². The first kappa shape index (κ1) is 16.7. The van der Waals surface area contributed by atoms with Crippen LogP contribution in [0.25, 0.3) is 10.2 Å². The predicted molar refractivity (Wildman–Crippen MR) is 99.2 cm³/mol. The van der Waals surface area contributed by atoms with E-state index in [1.165, 1.54) is 16.9 Å². The SMILES string of the molecule is Cc1ccc2nc(NC(=O)CCCOc3ccc(Cl)cc3)sc2c1. The molecule has 1 N–H and O–H groups in total. The van der Waals surface area contributed by atoms with E-state index in [2.05, 4.69) is 16.4 Å². The lowest BCUT2D eigenvalue weighted by Gasteiger charge is -2.06. The third-order valence-corrected chi connectivity index (χ3v) is 4.61. The maximum atomic E-state index is 12.0. The fraction of sp³-hybridized carbons (Fsp3) is 0.222. The second kappa shape index (κ2) is 7.64.